The molecule has 0 aromatic carbocycles. The van der Waals surface area contributed by atoms with Crippen LogP contribution in [-0.4, -0.2) is 71.4 Å². The largest absolute Gasteiger partial charge is 0.434 e. The molecule has 3 atom stereocenters. The zero-order chi connectivity index (χ0) is 24.2. The van der Waals surface area contributed by atoms with E-state index in [1.165, 1.54) is 29.7 Å². The van der Waals surface area contributed by atoms with Crippen molar-refractivity contribution in [1.82, 2.24) is 20.2 Å². The number of aromatic nitrogens is 2. The third-order valence-electron chi connectivity index (χ3n) is 5.39. The van der Waals surface area contributed by atoms with Gasteiger partial charge in [0, 0.05) is 55.2 Å². The molecule has 0 saturated carbocycles. The number of allylic oxidation sites excluding steroid dienone is 1. The number of anilines is 1. The molecule has 3 unspecified atom stereocenters. The van der Waals surface area contributed by atoms with Gasteiger partial charge in [-0.25, -0.2) is 9.97 Å². The predicted octanol–water partition coefficient (Wildman–Crippen LogP) is 2.31. The van der Waals surface area contributed by atoms with Gasteiger partial charge < -0.3 is 26.3 Å². The molecule has 1 aromatic heterocycles. The van der Waals surface area contributed by atoms with Gasteiger partial charge in [-0.05, 0) is 26.6 Å². The number of nitrogens with zero attached hydrogens (tertiary/aromatic N) is 6. The van der Waals surface area contributed by atoms with E-state index in [1.54, 1.807) is 12.3 Å². The lowest BCUT2D eigenvalue weighted by Crippen LogP contribution is -2.61. The number of nitrogens with one attached hydrogen (secondary N) is 2. The zero-order valence-electron chi connectivity index (χ0n) is 18.3. The van der Waals surface area contributed by atoms with Crippen molar-refractivity contribution >= 4 is 30.7 Å². The lowest BCUT2D eigenvalue weighted by Gasteiger charge is -2.44. The van der Waals surface area contributed by atoms with Crippen LogP contribution in [0.15, 0.2) is 52.1 Å². The molecule has 2 aliphatic heterocycles. The standard InChI is InChI=1S/C21H26F3N9/c1-13-11-33(14(2)19(30-13)15(8-25)9-26)18-4-5-29-20(31-18)16(10-27-3)32-7-6-28-17(12-32)21(22,23)24/h4-6,8-10,12-14,19,25,30H,3,7,11,26H2,1-2H3/b15-9+,16-10-,25-8?. The Morgan fingerprint density at radius 1 is 1.39 bits per heavy atom. The minimum atomic E-state index is -4.59. The molecule has 0 amide bonds. The summed E-state index contributed by atoms with van der Waals surface area (Å²) in [4.78, 5) is 19.5. The number of rotatable bonds is 6. The van der Waals surface area contributed by atoms with Crippen molar-refractivity contribution in [3.63, 3.8) is 0 Å². The van der Waals surface area contributed by atoms with Gasteiger partial charge in [-0.15, -0.1) is 0 Å². The van der Waals surface area contributed by atoms with Crippen molar-refractivity contribution in [2.45, 2.75) is 38.1 Å². The smallest absolute Gasteiger partial charge is 0.404 e. The molecule has 12 heteroatoms. The topological polar surface area (TPSA) is 119 Å². The van der Waals surface area contributed by atoms with Crippen molar-refractivity contribution in [3.05, 3.63) is 48.0 Å². The van der Waals surface area contributed by atoms with Gasteiger partial charge >= 0.3 is 6.18 Å². The summed E-state index contributed by atoms with van der Waals surface area (Å²) in [5, 5.41) is 11.1. The summed E-state index contributed by atoms with van der Waals surface area (Å²) in [5.74, 6) is 0.789. The van der Waals surface area contributed by atoms with Gasteiger partial charge in [-0.3, -0.25) is 9.98 Å². The Bertz CT molecular complexity index is 1010. The van der Waals surface area contributed by atoms with Crippen LogP contribution in [-0.2, 0) is 0 Å². The molecule has 3 rings (SSSR count). The summed E-state index contributed by atoms with van der Waals surface area (Å²) in [6.45, 7) is 8.14. The molecule has 33 heavy (non-hydrogen) atoms. The Labute approximate surface area is 189 Å². The van der Waals surface area contributed by atoms with Crippen LogP contribution in [0.4, 0.5) is 19.0 Å². The van der Waals surface area contributed by atoms with Crippen LogP contribution in [0.25, 0.3) is 5.70 Å². The van der Waals surface area contributed by atoms with E-state index in [0.29, 0.717) is 17.9 Å². The maximum atomic E-state index is 13.2. The molecule has 0 bridgehead atoms. The second kappa shape index (κ2) is 9.94. The normalized spacial score (nSPS) is 24.5. The highest BCUT2D eigenvalue weighted by Gasteiger charge is 2.36. The van der Waals surface area contributed by atoms with E-state index in [1.807, 2.05) is 13.8 Å². The summed E-state index contributed by atoms with van der Waals surface area (Å²) in [5.41, 5.74) is 5.58. The molecule has 9 nitrogen and oxygen atoms in total. The number of alkyl halides is 3. The van der Waals surface area contributed by atoms with Gasteiger partial charge in [0.1, 0.15) is 11.5 Å². The fourth-order valence-electron chi connectivity index (χ4n) is 3.81. The lowest BCUT2D eigenvalue weighted by atomic mass is 9.96. The molecule has 2 aliphatic rings. The minimum absolute atomic E-state index is 0.0694. The highest BCUT2D eigenvalue weighted by Crippen LogP contribution is 2.31. The first-order chi connectivity index (χ1) is 15.7. The predicted molar refractivity (Wildman–Crippen MR) is 123 cm³/mol. The van der Waals surface area contributed by atoms with Gasteiger partial charge in [0.15, 0.2) is 11.5 Å². The average molecular weight is 461 g/mol. The van der Waals surface area contributed by atoms with Crippen molar-refractivity contribution in [1.29, 1.82) is 5.41 Å². The van der Waals surface area contributed by atoms with Crippen LogP contribution < -0.4 is 16.0 Å². The maximum Gasteiger partial charge on any atom is 0.434 e. The lowest BCUT2D eigenvalue weighted by molar-refractivity contribution is -0.0934. The highest BCUT2D eigenvalue weighted by molar-refractivity contribution is 5.78. The van der Waals surface area contributed by atoms with Crippen LogP contribution in [0.1, 0.15) is 19.7 Å². The summed E-state index contributed by atoms with van der Waals surface area (Å²) in [6.07, 6.45) is 2.98. The first-order valence-corrected chi connectivity index (χ1v) is 10.2. The summed E-state index contributed by atoms with van der Waals surface area (Å²) >= 11 is 0. The molecule has 3 heterocycles. The minimum Gasteiger partial charge on any atom is -0.404 e. The summed E-state index contributed by atoms with van der Waals surface area (Å²) in [6, 6.07) is 1.50. The maximum absolute atomic E-state index is 13.2. The summed E-state index contributed by atoms with van der Waals surface area (Å²) in [7, 11) is 0. The quantitative estimate of drug-likeness (QED) is 0.560. The van der Waals surface area contributed by atoms with Crippen LogP contribution >= 0.6 is 0 Å². The van der Waals surface area contributed by atoms with E-state index in [2.05, 4.69) is 36.9 Å². The Morgan fingerprint density at radius 2 is 2.15 bits per heavy atom. The SMILES string of the molecule is C=N/C=C(/c1nccc(N2CC(C)NC(/C(C=N)=C/N)C2C)n1)N1C=C(C(F)(F)F)N=CC1. The van der Waals surface area contributed by atoms with E-state index < -0.39 is 11.9 Å². The number of piperazine rings is 1. The first kappa shape index (κ1) is 24.1. The Hall–Kier alpha value is -3.54. The van der Waals surface area contributed by atoms with E-state index in [0.717, 1.165) is 6.20 Å². The Morgan fingerprint density at radius 3 is 2.79 bits per heavy atom. The first-order valence-electron chi connectivity index (χ1n) is 10.2. The molecule has 1 fully saturated rings. The van der Waals surface area contributed by atoms with Crippen LogP contribution in [0.3, 0.4) is 0 Å². The molecule has 1 aromatic rings. The van der Waals surface area contributed by atoms with E-state index in [4.69, 9.17) is 11.1 Å². The fraction of sp³-hybridized carbons (Fsp3) is 0.381. The second-order valence-electron chi connectivity index (χ2n) is 7.66. The third-order valence-corrected chi connectivity index (χ3v) is 5.39. The molecular formula is C21H26F3N9. The third kappa shape index (κ3) is 5.28. The van der Waals surface area contributed by atoms with Gasteiger partial charge in [-0.2, -0.15) is 13.2 Å². The summed E-state index contributed by atoms with van der Waals surface area (Å²) < 4.78 is 39.5. The van der Waals surface area contributed by atoms with Crippen molar-refractivity contribution in [3.8, 4) is 0 Å². The number of halogens is 3. The Balaban J connectivity index is 1.97. The van der Waals surface area contributed by atoms with Crippen LogP contribution in [0.2, 0.25) is 0 Å². The number of nitrogens with two attached hydrogens (primary N) is 1. The Kier molecular flexibility index (Phi) is 7.26. The fourth-order valence-corrected chi connectivity index (χ4v) is 3.81. The van der Waals surface area contributed by atoms with E-state index in [9.17, 15) is 13.2 Å². The van der Waals surface area contributed by atoms with Crippen LogP contribution in [0, 0.1) is 5.41 Å². The molecule has 0 spiro atoms. The molecule has 1 saturated heterocycles. The molecule has 0 radical (unpaired) electrons. The van der Waals surface area contributed by atoms with Crippen molar-refractivity contribution in [2.75, 3.05) is 18.0 Å². The van der Waals surface area contributed by atoms with Gasteiger partial charge in [0.25, 0.3) is 0 Å². The van der Waals surface area contributed by atoms with Crippen molar-refractivity contribution < 1.29 is 13.2 Å². The molecular weight excluding hydrogens is 435 g/mol. The number of hydrogen-bond donors (Lipinski definition) is 3. The number of hydrogen-bond acceptors (Lipinski definition) is 9. The van der Waals surface area contributed by atoms with Crippen molar-refractivity contribution in [2.24, 2.45) is 15.7 Å². The molecule has 4 N–H and O–H groups in total. The highest BCUT2D eigenvalue weighted by atomic mass is 19.4. The zero-order valence-corrected chi connectivity index (χ0v) is 18.3. The number of aliphatic imine (C=N–C) groups is 2. The van der Waals surface area contributed by atoms with E-state index >= 15 is 0 Å². The van der Waals surface area contributed by atoms with Gasteiger partial charge in [-0.1, -0.05) is 0 Å². The monoisotopic (exact) mass is 461 g/mol. The average Bonchev–Trinajstić information content (AvgIpc) is 2.80. The van der Waals surface area contributed by atoms with Crippen LogP contribution in [0.5, 0.6) is 0 Å². The van der Waals surface area contributed by atoms with Gasteiger partial charge in [0.05, 0.1) is 18.8 Å². The molecule has 0 aliphatic carbocycles. The second-order valence-corrected chi connectivity index (χ2v) is 7.66. The molecule has 176 valence electrons. The van der Waals surface area contributed by atoms with E-state index in [-0.39, 0.29) is 36.2 Å². The van der Waals surface area contributed by atoms with Gasteiger partial charge in [0.2, 0.25) is 0 Å².